The molecule has 0 unspecified atom stereocenters. The maximum Gasteiger partial charge on any atom is 0.349 e. The van der Waals surface area contributed by atoms with Crippen LogP contribution in [0.3, 0.4) is 0 Å². The number of nitrogens with two attached hydrogens (primary N) is 1. The van der Waals surface area contributed by atoms with E-state index in [4.69, 9.17) is 33.7 Å². The molecule has 3 aromatic rings. The summed E-state index contributed by atoms with van der Waals surface area (Å²) >= 11 is 12.6. The minimum Gasteiger partial charge on any atom is -0.434 e. The Labute approximate surface area is 178 Å². The summed E-state index contributed by atoms with van der Waals surface area (Å²) in [7, 11) is 0. The first-order valence-electron chi connectivity index (χ1n) is 9.00. The number of halogens is 2. The Bertz CT molecular complexity index is 1290. The lowest BCUT2D eigenvalue weighted by Crippen LogP contribution is -2.33. The van der Waals surface area contributed by atoms with Crippen molar-refractivity contribution in [3.63, 3.8) is 0 Å². The lowest BCUT2D eigenvalue weighted by atomic mass is 9.98. The van der Waals surface area contributed by atoms with Crippen LogP contribution in [-0.4, -0.2) is 25.0 Å². The van der Waals surface area contributed by atoms with E-state index in [1.54, 1.807) is 6.07 Å². The second-order valence-electron chi connectivity index (χ2n) is 7.01. The molecule has 0 bridgehead atoms. The molecule has 0 saturated heterocycles. The number of benzene rings is 1. The van der Waals surface area contributed by atoms with E-state index in [9.17, 15) is 14.4 Å². The van der Waals surface area contributed by atoms with E-state index >= 15 is 0 Å². The molecular formula is C18H16Cl2N6O4. The van der Waals surface area contributed by atoms with Crippen LogP contribution in [0.5, 0.6) is 11.6 Å². The molecule has 1 aliphatic carbocycles. The van der Waals surface area contributed by atoms with Crippen LogP contribution in [0.15, 0.2) is 32.6 Å². The zero-order chi connectivity index (χ0) is 21.6. The van der Waals surface area contributed by atoms with Crippen molar-refractivity contribution in [2.75, 3.05) is 5.73 Å². The van der Waals surface area contributed by atoms with Gasteiger partial charge in [-0.1, -0.05) is 30.1 Å². The van der Waals surface area contributed by atoms with Gasteiger partial charge in [-0.15, -0.1) is 10.2 Å². The monoisotopic (exact) mass is 450 g/mol. The van der Waals surface area contributed by atoms with E-state index in [1.807, 2.05) is 11.9 Å². The molecule has 1 aliphatic rings. The Hall–Kier alpha value is -3.11. The van der Waals surface area contributed by atoms with Gasteiger partial charge in [0.25, 0.3) is 11.1 Å². The average Bonchev–Trinajstić information content (AvgIpc) is 3.53. The molecule has 10 nitrogen and oxygen atoms in total. The molecule has 4 rings (SSSR count). The van der Waals surface area contributed by atoms with Gasteiger partial charge in [-0.05, 0) is 36.8 Å². The summed E-state index contributed by atoms with van der Waals surface area (Å²) in [6.45, 7) is 1.99. The molecule has 12 heteroatoms. The third-order valence-corrected chi connectivity index (χ3v) is 5.48. The summed E-state index contributed by atoms with van der Waals surface area (Å²) in [4.78, 5) is 37.6. The molecule has 1 aromatic carbocycles. The number of rotatable bonds is 5. The van der Waals surface area contributed by atoms with Crippen molar-refractivity contribution in [2.24, 2.45) is 5.92 Å². The van der Waals surface area contributed by atoms with Crippen LogP contribution in [0.2, 0.25) is 10.0 Å². The first-order valence-corrected chi connectivity index (χ1v) is 9.76. The first-order chi connectivity index (χ1) is 14.2. The van der Waals surface area contributed by atoms with Crippen molar-refractivity contribution in [1.29, 1.82) is 0 Å². The van der Waals surface area contributed by atoms with E-state index in [0.29, 0.717) is 11.5 Å². The van der Waals surface area contributed by atoms with Crippen molar-refractivity contribution in [1.82, 2.24) is 25.0 Å². The number of nitrogens with zero attached hydrogens (tertiary/aromatic N) is 3. The number of ether oxygens (including phenoxy) is 1. The summed E-state index contributed by atoms with van der Waals surface area (Å²) in [6, 6.07) is 4.31. The predicted octanol–water partition coefficient (Wildman–Crippen LogP) is 2.20. The Morgan fingerprint density at radius 3 is 2.47 bits per heavy atom. The zero-order valence-electron chi connectivity index (χ0n) is 15.6. The Kier molecular flexibility index (Phi) is 5.12. The molecule has 1 fully saturated rings. The fourth-order valence-electron chi connectivity index (χ4n) is 3.10. The molecule has 2 aromatic heterocycles. The summed E-state index contributed by atoms with van der Waals surface area (Å²) in [5, 5.41) is 10.2. The molecule has 1 saturated carbocycles. The van der Waals surface area contributed by atoms with Gasteiger partial charge in [0.15, 0.2) is 5.75 Å². The summed E-state index contributed by atoms with van der Waals surface area (Å²) in [5.41, 5.74) is 4.34. The van der Waals surface area contributed by atoms with Gasteiger partial charge < -0.3 is 10.5 Å². The van der Waals surface area contributed by atoms with Crippen LogP contribution in [0, 0.1) is 5.92 Å². The van der Waals surface area contributed by atoms with Gasteiger partial charge in [-0.25, -0.2) is 9.89 Å². The topological polar surface area (TPSA) is 149 Å². The van der Waals surface area contributed by atoms with Gasteiger partial charge in [-0.3, -0.25) is 14.6 Å². The third-order valence-electron chi connectivity index (χ3n) is 4.92. The second-order valence-corrected chi connectivity index (χ2v) is 7.83. The van der Waals surface area contributed by atoms with Crippen LogP contribution >= 0.6 is 23.2 Å². The zero-order valence-corrected chi connectivity index (χ0v) is 17.1. The molecule has 1 atom stereocenters. The number of nitrogen functional groups attached to an aromatic ring is 1. The van der Waals surface area contributed by atoms with Crippen molar-refractivity contribution in [2.45, 2.75) is 25.7 Å². The summed E-state index contributed by atoms with van der Waals surface area (Å²) < 4.78 is 6.57. The maximum absolute atomic E-state index is 12.1. The van der Waals surface area contributed by atoms with Crippen LogP contribution in [0.1, 0.15) is 31.2 Å². The molecule has 2 heterocycles. The number of hydrogen-bond acceptors (Lipinski definition) is 7. The SMILES string of the molecule is C[C@@H](c1cc(Oc2c(Cl)cc(-n3nc(N)c(=O)[nH]c3=O)cc2Cl)n[nH]c1=O)C1CC1. The molecule has 4 N–H and O–H groups in total. The van der Waals surface area contributed by atoms with Gasteiger partial charge in [0.1, 0.15) is 0 Å². The molecule has 0 radical (unpaired) electrons. The summed E-state index contributed by atoms with van der Waals surface area (Å²) in [6.07, 6.45) is 2.17. The lowest BCUT2D eigenvalue weighted by Gasteiger charge is -2.13. The van der Waals surface area contributed by atoms with Gasteiger partial charge in [-0.2, -0.15) is 4.68 Å². The highest BCUT2D eigenvalue weighted by molar-refractivity contribution is 6.37. The van der Waals surface area contributed by atoms with Crippen molar-refractivity contribution in [3.8, 4) is 17.3 Å². The standard InChI is InChI=1S/C18H16Cl2N6O4/c1-7(8-2-3-8)10-6-13(23-24-16(10)27)30-14-11(19)4-9(5-12(14)20)26-18(29)22-17(28)15(21)25-26/h4-8H,2-3H2,1H3,(H2,21,25)(H,24,27)(H,22,28,29)/t7-/m1/s1. The predicted molar refractivity (Wildman–Crippen MR) is 111 cm³/mol. The van der Waals surface area contributed by atoms with E-state index in [-0.39, 0.29) is 38.8 Å². The van der Waals surface area contributed by atoms with Gasteiger partial charge in [0, 0.05) is 11.6 Å². The second kappa shape index (κ2) is 7.62. The van der Waals surface area contributed by atoms with Crippen LogP contribution in [0.25, 0.3) is 5.69 Å². The minimum absolute atomic E-state index is 0.0563. The molecule has 0 spiro atoms. The third kappa shape index (κ3) is 3.83. The Morgan fingerprint density at radius 2 is 1.83 bits per heavy atom. The average molecular weight is 451 g/mol. The van der Waals surface area contributed by atoms with E-state index in [1.165, 1.54) is 12.1 Å². The number of aromatic amines is 2. The molecule has 156 valence electrons. The highest BCUT2D eigenvalue weighted by Gasteiger charge is 2.31. The first kappa shape index (κ1) is 20.2. The Balaban J connectivity index is 1.69. The van der Waals surface area contributed by atoms with Gasteiger partial charge in [0.05, 0.1) is 15.7 Å². The fraction of sp³-hybridized carbons (Fsp3) is 0.278. The largest absolute Gasteiger partial charge is 0.434 e. The van der Waals surface area contributed by atoms with E-state index < -0.39 is 17.1 Å². The van der Waals surface area contributed by atoms with Crippen molar-refractivity contribution >= 4 is 29.0 Å². The minimum atomic E-state index is -0.809. The molecule has 0 aliphatic heterocycles. The normalized spacial score (nSPS) is 14.5. The number of aromatic nitrogens is 5. The van der Waals surface area contributed by atoms with Gasteiger partial charge >= 0.3 is 5.69 Å². The molecule has 30 heavy (non-hydrogen) atoms. The van der Waals surface area contributed by atoms with Crippen LogP contribution < -0.4 is 27.3 Å². The number of nitrogens with one attached hydrogen (secondary N) is 2. The smallest absolute Gasteiger partial charge is 0.349 e. The maximum atomic E-state index is 12.1. The summed E-state index contributed by atoms with van der Waals surface area (Å²) in [5.74, 6) is 0.366. The lowest BCUT2D eigenvalue weighted by molar-refractivity contribution is 0.451. The fourth-order valence-corrected chi connectivity index (χ4v) is 3.65. The van der Waals surface area contributed by atoms with Crippen LogP contribution in [-0.2, 0) is 0 Å². The quantitative estimate of drug-likeness (QED) is 0.538. The van der Waals surface area contributed by atoms with E-state index in [0.717, 1.165) is 17.5 Å². The van der Waals surface area contributed by atoms with Crippen LogP contribution in [0.4, 0.5) is 5.82 Å². The molecular weight excluding hydrogens is 435 g/mol. The van der Waals surface area contributed by atoms with E-state index in [2.05, 4.69) is 15.3 Å². The number of hydrogen-bond donors (Lipinski definition) is 3. The number of H-pyrrole nitrogens is 2. The number of anilines is 1. The Morgan fingerprint density at radius 1 is 1.17 bits per heavy atom. The van der Waals surface area contributed by atoms with Crippen molar-refractivity contribution in [3.05, 3.63) is 65.0 Å². The van der Waals surface area contributed by atoms with Crippen molar-refractivity contribution < 1.29 is 4.74 Å². The molecule has 0 amide bonds. The highest BCUT2D eigenvalue weighted by Crippen LogP contribution is 2.42. The van der Waals surface area contributed by atoms with Gasteiger partial charge in [0.2, 0.25) is 11.7 Å². The highest BCUT2D eigenvalue weighted by atomic mass is 35.5.